The highest BCUT2D eigenvalue weighted by molar-refractivity contribution is 7.16. The Kier molecular flexibility index (Phi) is 4.64. The Labute approximate surface area is 134 Å². The predicted molar refractivity (Wildman–Crippen MR) is 86.4 cm³/mol. The Bertz CT molecular complexity index is 537. The molecule has 0 bridgehead atoms. The van der Waals surface area contributed by atoms with E-state index in [9.17, 15) is 4.79 Å². The van der Waals surface area contributed by atoms with Crippen LogP contribution in [0.25, 0.3) is 0 Å². The van der Waals surface area contributed by atoms with Crippen molar-refractivity contribution in [3.63, 3.8) is 0 Å². The number of thiophene rings is 1. The fourth-order valence-corrected chi connectivity index (χ4v) is 4.06. The number of carbonyl (C=O) groups is 1. The average Bonchev–Trinajstić information content (AvgIpc) is 3.08. The summed E-state index contributed by atoms with van der Waals surface area (Å²) >= 11 is 7.59. The van der Waals surface area contributed by atoms with E-state index in [0.717, 1.165) is 43.5 Å². The Morgan fingerprint density at radius 2 is 2.05 bits per heavy atom. The van der Waals surface area contributed by atoms with Gasteiger partial charge in [-0.15, -0.1) is 11.3 Å². The molecule has 0 spiro atoms. The molecule has 6 heteroatoms. The highest BCUT2D eigenvalue weighted by Gasteiger charge is 2.29. The summed E-state index contributed by atoms with van der Waals surface area (Å²) in [6.45, 7) is 4.37. The van der Waals surface area contributed by atoms with Crippen LogP contribution in [0.15, 0.2) is 24.3 Å². The number of piperazine rings is 1. The van der Waals surface area contributed by atoms with Gasteiger partial charge in [-0.3, -0.25) is 9.69 Å². The molecule has 1 aromatic heterocycles. The normalized spacial score (nSPS) is 26.5. The van der Waals surface area contributed by atoms with Crippen molar-refractivity contribution in [1.29, 1.82) is 0 Å². The van der Waals surface area contributed by atoms with Gasteiger partial charge in [0, 0.05) is 43.6 Å². The second kappa shape index (κ2) is 6.48. The largest absolute Gasteiger partial charge is 0.340 e. The van der Waals surface area contributed by atoms with Gasteiger partial charge in [0.1, 0.15) is 0 Å². The van der Waals surface area contributed by atoms with Gasteiger partial charge >= 0.3 is 0 Å². The lowest BCUT2D eigenvalue weighted by molar-refractivity contribution is -0.135. The van der Waals surface area contributed by atoms with Crippen molar-refractivity contribution in [3.8, 4) is 0 Å². The number of hydrogen-bond donors (Lipinski definition) is 1. The molecule has 2 atom stereocenters. The second-order valence-corrected chi connectivity index (χ2v) is 7.50. The van der Waals surface area contributed by atoms with E-state index in [4.69, 9.17) is 17.3 Å². The minimum Gasteiger partial charge on any atom is -0.340 e. The zero-order valence-corrected chi connectivity index (χ0v) is 13.4. The molecule has 1 saturated heterocycles. The number of rotatable bonds is 3. The lowest BCUT2D eigenvalue weighted by Crippen LogP contribution is -2.49. The molecule has 1 aliphatic carbocycles. The minimum absolute atomic E-state index is 0.0114. The van der Waals surface area contributed by atoms with Crippen LogP contribution in [0, 0.1) is 5.92 Å². The van der Waals surface area contributed by atoms with E-state index in [1.165, 1.54) is 4.88 Å². The van der Waals surface area contributed by atoms with Gasteiger partial charge in [0.05, 0.1) is 10.3 Å². The van der Waals surface area contributed by atoms with Crippen molar-refractivity contribution in [2.45, 2.75) is 19.0 Å². The van der Waals surface area contributed by atoms with Crippen molar-refractivity contribution in [1.82, 2.24) is 9.80 Å². The topological polar surface area (TPSA) is 49.6 Å². The van der Waals surface area contributed by atoms with Crippen molar-refractivity contribution in [3.05, 3.63) is 33.5 Å². The van der Waals surface area contributed by atoms with Gasteiger partial charge in [-0.25, -0.2) is 0 Å². The van der Waals surface area contributed by atoms with E-state index in [2.05, 4.69) is 11.0 Å². The molecule has 0 radical (unpaired) electrons. The minimum atomic E-state index is -0.0114. The highest BCUT2D eigenvalue weighted by atomic mass is 35.5. The monoisotopic (exact) mass is 325 g/mol. The third-order valence-electron chi connectivity index (χ3n) is 4.13. The summed E-state index contributed by atoms with van der Waals surface area (Å²) in [4.78, 5) is 18.0. The standard InChI is InChI=1S/C15H20ClN3OS/c16-14-4-3-13(21-14)10-18-5-7-19(8-6-18)15(20)11-1-2-12(17)9-11/h1-4,11-12H,5-10,17H2. The number of halogens is 1. The third-order valence-corrected chi connectivity index (χ3v) is 5.34. The van der Waals surface area contributed by atoms with Crippen LogP contribution in [0.4, 0.5) is 0 Å². The highest BCUT2D eigenvalue weighted by Crippen LogP contribution is 2.24. The first kappa shape index (κ1) is 15.0. The van der Waals surface area contributed by atoms with Crippen molar-refractivity contribution in [2.75, 3.05) is 26.2 Å². The summed E-state index contributed by atoms with van der Waals surface area (Å²) in [6.07, 6.45) is 4.67. The van der Waals surface area contributed by atoms with Gasteiger partial charge in [0.25, 0.3) is 0 Å². The Morgan fingerprint density at radius 1 is 1.29 bits per heavy atom. The fraction of sp³-hybridized carbons (Fsp3) is 0.533. The SMILES string of the molecule is NC1C=CC(C(=O)N2CCN(Cc3ccc(Cl)s3)CC2)C1. The summed E-state index contributed by atoms with van der Waals surface area (Å²) in [5, 5.41) is 0. The molecule has 2 N–H and O–H groups in total. The van der Waals surface area contributed by atoms with Crippen LogP contribution in [0.5, 0.6) is 0 Å². The van der Waals surface area contributed by atoms with Gasteiger partial charge < -0.3 is 10.6 Å². The molecule has 0 saturated carbocycles. The molecular formula is C15H20ClN3OS. The van der Waals surface area contributed by atoms with Crippen LogP contribution in [0.2, 0.25) is 4.34 Å². The quantitative estimate of drug-likeness (QED) is 0.864. The van der Waals surface area contributed by atoms with E-state index in [1.807, 2.05) is 23.1 Å². The van der Waals surface area contributed by atoms with E-state index in [0.29, 0.717) is 0 Å². The van der Waals surface area contributed by atoms with Gasteiger partial charge in [-0.2, -0.15) is 0 Å². The van der Waals surface area contributed by atoms with Crippen molar-refractivity contribution >= 4 is 28.8 Å². The summed E-state index contributed by atoms with van der Waals surface area (Å²) in [6, 6.07) is 4.07. The Balaban J connectivity index is 1.48. The number of amides is 1. The van der Waals surface area contributed by atoms with E-state index < -0.39 is 0 Å². The smallest absolute Gasteiger partial charge is 0.229 e. The van der Waals surface area contributed by atoms with Crippen LogP contribution in [-0.4, -0.2) is 47.9 Å². The zero-order valence-electron chi connectivity index (χ0n) is 11.9. The molecule has 1 aromatic rings. The van der Waals surface area contributed by atoms with E-state index in [-0.39, 0.29) is 17.9 Å². The molecule has 2 heterocycles. The molecule has 1 amide bonds. The fourth-order valence-electron chi connectivity index (χ4n) is 2.93. The van der Waals surface area contributed by atoms with Gasteiger partial charge in [-0.05, 0) is 18.6 Å². The maximum absolute atomic E-state index is 12.4. The summed E-state index contributed by atoms with van der Waals surface area (Å²) < 4.78 is 0.836. The van der Waals surface area contributed by atoms with Gasteiger partial charge in [0.2, 0.25) is 5.91 Å². The number of carbonyl (C=O) groups excluding carboxylic acids is 1. The third kappa shape index (κ3) is 3.66. The van der Waals surface area contributed by atoms with Gasteiger partial charge in [0.15, 0.2) is 0 Å². The first-order chi connectivity index (χ1) is 10.1. The molecule has 21 heavy (non-hydrogen) atoms. The van der Waals surface area contributed by atoms with Crippen molar-refractivity contribution in [2.24, 2.45) is 11.7 Å². The number of hydrogen-bond acceptors (Lipinski definition) is 4. The van der Waals surface area contributed by atoms with E-state index >= 15 is 0 Å². The number of nitrogens with two attached hydrogens (primary N) is 1. The molecule has 1 fully saturated rings. The Hall–Kier alpha value is -0.880. The molecule has 1 aliphatic heterocycles. The van der Waals surface area contributed by atoms with Crippen LogP contribution in [-0.2, 0) is 11.3 Å². The molecule has 2 unspecified atom stereocenters. The molecule has 114 valence electrons. The lowest BCUT2D eigenvalue weighted by Gasteiger charge is -2.35. The summed E-state index contributed by atoms with van der Waals surface area (Å²) in [7, 11) is 0. The van der Waals surface area contributed by atoms with Crippen LogP contribution < -0.4 is 5.73 Å². The Morgan fingerprint density at radius 3 is 2.62 bits per heavy atom. The molecule has 2 aliphatic rings. The first-order valence-electron chi connectivity index (χ1n) is 7.31. The maximum Gasteiger partial charge on any atom is 0.229 e. The average molecular weight is 326 g/mol. The van der Waals surface area contributed by atoms with Crippen LogP contribution >= 0.6 is 22.9 Å². The van der Waals surface area contributed by atoms with E-state index in [1.54, 1.807) is 11.3 Å². The van der Waals surface area contributed by atoms with Crippen LogP contribution in [0.3, 0.4) is 0 Å². The predicted octanol–water partition coefficient (Wildman–Crippen LogP) is 1.95. The molecular weight excluding hydrogens is 306 g/mol. The lowest BCUT2D eigenvalue weighted by atomic mass is 10.1. The van der Waals surface area contributed by atoms with Gasteiger partial charge in [-0.1, -0.05) is 23.8 Å². The number of nitrogens with zero attached hydrogens (tertiary/aromatic N) is 2. The molecule has 0 aromatic carbocycles. The zero-order chi connectivity index (χ0) is 14.8. The summed E-state index contributed by atoms with van der Waals surface area (Å²) in [5.74, 6) is 0.223. The second-order valence-electron chi connectivity index (χ2n) is 5.70. The van der Waals surface area contributed by atoms with Crippen molar-refractivity contribution < 1.29 is 4.79 Å². The van der Waals surface area contributed by atoms with Crippen LogP contribution in [0.1, 0.15) is 11.3 Å². The molecule has 3 rings (SSSR count). The first-order valence-corrected chi connectivity index (χ1v) is 8.50. The maximum atomic E-state index is 12.4. The summed E-state index contributed by atoms with van der Waals surface area (Å²) in [5.41, 5.74) is 5.83. The molecule has 4 nitrogen and oxygen atoms in total.